The predicted molar refractivity (Wildman–Crippen MR) is 93.9 cm³/mol. The Morgan fingerprint density at radius 1 is 1.30 bits per heavy atom. The van der Waals surface area contributed by atoms with E-state index in [1.165, 1.54) is 17.0 Å². The first-order chi connectivity index (χ1) is 13.0. The predicted octanol–water partition coefficient (Wildman–Crippen LogP) is 1.11. The SMILES string of the molecule is O=C(O)c1ccc(CN2C(=O)OC[C@H]2C(=O)NCCCn2ccnc2)cc1. The van der Waals surface area contributed by atoms with Crippen molar-refractivity contribution in [3.8, 4) is 0 Å². The molecular formula is C18H20N4O5. The molecule has 1 aliphatic rings. The molecule has 0 aliphatic carbocycles. The smallest absolute Gasteiger partial charge is 0.410 e. The summed E-state index contributed by atoms with van der Waals surface area (Å²) in [7, 11) is 0. The summed E-state index contributed by atoms with van der Waals surface area (Å²) in [4.78, 5) is 40.6. The Balaban J connectivity index is 1.53. The van der Waals surface area contributed by atoms with Crippen molar-refractivity contribution >= 4 is 18.0 Å². The minimum Gasteiger partial charge on any atom is -0.478 e. The average Bonchev–Trinajstić information content (AvgIpc) is 3.30. The lowest BCUT2D eigenvalue weighted by molar-refractivity contribution is -0.125. The first-order valence-corrected chi connectivity index (χ1v) is 8.53. The van der Waals surface area contributed by atoms with Crippen LogP contribution >= 0.6 is 0 Å². The molecule has 9 heteroatoms. The summed E-state index contributed by atoms with van der Waals surface area (Å²) in [5.74, 6) is -1.29. The number of nitrogens with one attached hydrogen (secondary N) is 1. The van der Waals surface area contributed by atoms with Crippen LogP contribution in [0.4, 0.5) is 4.79 Å². The van der Waals surface area contributed by atoms with Gasteiger partial charge in [-0.15, -0.1) is 0 Å². The highest BCUT2D eigenvalue weighted by molar-refractivity contribution is 5.88. The molecule has 2 amide bonds. The van der Waals surface area contributed by atoms with Gasteiger partial charge >= 0.3 is 12.1 Å². The van der Waals surface area contributed by atoms with Gasteiger partial charge in [-0.1, -0.05) is 12.1 Å². The second-order valence-electron chi connectivity index (χ2n) is 6.17. The molecular weight excluding hydrogens is 352 g/mol. The molecule has 2 aromatic rings. The highest BCUT2D eigenvalue weighted by Gasteiger charge is 2.37. The Labute approximate surface area is 155 Å². The molecule has 0 bridgehead atoms. The number of ether oxygens (including phenoxy) is 1. The number of imidazole rings is 1. The van der Waals surface area contributed by atoms with Crippen LogP contribution in [0.1, 0.15) is 22.3 Å². The number of carbonyl (C=O) groups is 3. The van der Waals surface area contributed by atoms with Gasteiger partial charge in [-0.05, 0) is 24.1 Å². The molecule has 1 aromatic heterocycles. The molecule has 1 atom stereocenters. The highest BCUT2D eigenvalue weighted by atomic mass is 16.6. The summed E-state index contributed by atoms with van der Waals surface area (Å²) in [6.07, 6.45) is 5.43. The quantitative estimate of drug-likeness (QED) is 0.671. The minimum atomic E-state index is -1.02. The number of hydrogen-bond donors (Lipinski definition) is 2. The summed E-state index contributed by atoms with van der Waals surface area (Å²) >= 11 is 0. The molecule has 1 fully saturated rings. The van der Waals surface area contributed by atoms with E-state index in [-0.39, 0.29) is 24.6 Å². The van der Waals surface area contributed by atoms with Crippen LogP contribution in [0, 0.1) is 0 Å². The summed E-state index contributed by atoms with van der Waals surface area (Å²) in [6, 6.07) is 5.46. The van der Waals surface area contributed by atoms with Crippen molar-refractivity contribution < 1.29 is 24.2 Å². The normalized spacial score (nSPS) is 16.2. The zero-order valence-electron chi connectivity index (χ0n) is 14.6. The maximum atomic E-state index is 12.4. The van der Waals surface area contributed by atoms with E-state index in [9.17, 15) is 14.4 Å². The van der Waals surface area contributed by atoms with Gasteiger partial charge in [0, 0.05) is 25.5 Å². The number of nitrogens with zero attached hydrogens (tertiary/aromatic N) is 3. The number of carbonyl (C=O) groups excluding carboxylic acids is 2. The zero-order valence-corrected chi connectivity index (χ0v) is 14.6. The van der Waals surface area contributed by atoms with E-state index in [0.717, 1.165) is 18.5 Å². The molecule has 9 nitrogen and oxygen atoms in total. The lowest BCUT2D eigenvalue weighted by Crippen LogP contribution is -2.45. The molecule has 2 heterocycles. The Morgan fingerprint density at radius 2 is 2.07 bits per heavy atom. The standard InChI is InChI=1S/C18H20N4O5/c23-16(20-6-1-8-21-9-7-19-12-21)15-11-27-18(26)22(15)10-13-2-4-14(5-3-13)17(24)25/h2-5,7,9,12,15H,1,6,8,10-11H2,(H,20,23)(H,24,25)/t15-/m0/s1. The van der Waals surface area contributed by atoms with Crippen LogP contribution in [0.5, 0.6) is 0 Å². The number of cyclic esters (lactones) is 1. The van der Waals surface area contributed by atoms with Crippen molar-refractivity contribution in [2.24, 2.45) is 0 Å². The first-order valence-electron chi connectivity index (χ1n) is 8.53. The van der Waals surface area contributed by atoms with Gasteiger partial charge in [-0.25, -0.2) is 14.6 Å². The number of hydrogen-bond acceptors (Lipinski definition) is 5. The molecule has 1 aromatic carbocycles. The van der Waals surface area contributed by atoms with E-state index in [1.54, 1.807) is 24.7 Å². The molecule has 2 N–H and O–H groups in total. The third-order valence-corrected chi connectivity index (χ3v) is 4.28. The van der Waals surface area contributed by atoms with Crippen LogP contribution in [0.2, 0.25) is 0 Å². The molecule has 3 rings (SSSR count). The van der Waals surface area contributed by atoms with Gasteiger partial charge in [-0.2, -0.15) is 0 Å². The van der Waals surface area contributed by atoms with Gasteiger partial charge in [-0.3, -0.25) is 9.69 Å². The Morgan fingerprint density at radius 3 is 2.74 bits per heavy atom. The number of benzene rings is 1. The number of aromatic carboxylic acids is 1. The Bertz CT molecular complexity index is 804. The molecule has 0 radical (unpaired) electrons. The van der Waals surface area contributed by atoms with Crippen molar-refractivity contribution in [1.82, 2.24) is 19.8 Å². The van der Waals surface area contributed by atoms with Crippen LogP contribution < -0.4 is 5.32 Å². The Hall–Kier alpha value is -3.36. The third-order valence-electron chi connectivity index (χ3n) is 4.28. The second-order valence-corrected chi connectivity index (χ2v) is 6.17. The first kappa shape index (κ1) is 18.4. The van der Waals surface area contributed by atoms with Crippen molar-refractivity contribution in [2.45, 2.75) is 25.6 Å². The largest absolute Gasteiger partial charge is 0.478 e. The van der Waals surface area contributed by atoms with E-state index in [2.05, 4.69) is 10.3 Å². The maximum Gasteiger partial charge on any atom is 0.410 e. The van der Waals surface area contributed by atoms with Gasteiger partial charge in [0.25, 0.3) is 0 Å². The molecule has 142 valence electrons. The average molecular weight is 372 g/mol. The van der Waals surface area contributed by atoms with Crippen molar-refractivity contribution in [3.63, 3.8) is 0 Å². The number of amides is 2. The van der Waals surface area contributed by atoms with Gasteiger partial charge in [0.1, 0.15) is 12.6 Å². The monoisotopic (exact) mass is 372 g/mol. The van der Waals surface area contributed by atoms with Crippen molar-refractivity contribution in [1.29, 1.82) is 0 Å². The second kappa shape index (κ2) is 8.35. The van der Waals surface area contributed by atoms with Crippen LogP contribution in [0.3, 0.4) is 0 Å². The Kier molecular flexibility index (Phi) is 5.70. The molecule has 0 spiro atoms. The van der Waals surface area contributed by atoms with Crippen LogP contribution in [0.15, 0.2) is 43.0 Å². The van der Waals surface area contributed by atoms with Gasteiger partial charge < -0.3 is 19.7 Å². The van der Waals surface area contributed by atoms with E-state index in [1.807, 2.05) is 10.8 Å². The molecule has 1 aliphatic heterocycles. The molecule has 27 heavy (non-hydrogen) atoms. The fourth-order valence-electron chi connectivity index (χ4n) is 2.80. The lowest BCUT2D eigenvalue weighted by atomic mass is 10.1. The van der Waals surface area contributed by atoms with E-state index in [4.69, 9.17) is 9.84 Å². The topological polar surface area (TPSA) is 114 Å². The van der Waals surface area contributed by atoms with Crippen LogP contribution in [0.25, 0.3) is 0 Å². The fraction of sp³-hybridized carbons (Fsp3) is 0.333. The van der Waals surface area contributed by atoms with E-state index < -0.39 is 18.1 Å². The summed E-state index contributed by atoms with van der Waals surface area (Å²) in [5, 5.41) is 11.8. The number of carboxylic acids is 1. The summed E-state index contributed by atoms with van der Waals surface area (Å²) in [5.41, 5.74) is 0.881. The minimum absolute atomic E-state index is 0.000598. The zero-order chi connectivity index (χ0) is 19.2. The summed E-state index contributed by atoms with van der Waals surface area (Å²) < 4.78 is 6.94. The number of aryl methyl sites for hydroxylation is 1. The van der Waals surface area contributed by atoms with E-state index in [0.29, 0.717) is 6.54 Å². The fourth-order valence-corrected chi connectivity index (χ4v) is 2.80. The number of aromatic nitrogens is 2. The molecule has 0 saturated carbocycles. The van der Waals surface area contributed by atoms with Gasteiger partial charge in [0.05, 0.1) is 18.4 Å². The van der Waals surface area contributed by atoms with Crippen molar-refractivity contribution in [2.75, 3.05) is 13.2 Å². The maximum absolute atomic E-state index is 12.4. The van der Waals surface area contributed by atoms with E-state index >= 15 is 0 Å². The van der Waals surface area contributed by atoms with Gasteiger partial charge in [0.15, 0.2) is 0 Å². The number of rotatable bonds is 8. The summed E-state index contributed by atoms with van der Waals surface area (Å²) in [6.45, 7) is 1.38. The number of carboxylic acid groups (broad SMARTS) is 1. The molecule has 0 unspecified atom stereocenters. The lowest BCUT2D eigenvalue weighted by Gasteiger charge is -2.21. The van der Waals surface area contributed by atoms with Gasteiger partial charge in [0.2, 0.25) is 5.91 Å². The van der Waals surface area contributed by atoms with Crippen LogP contribution in [-0.2, 0) is 22.6 Å². The van der Waals surface area contributed by atoms with Crippen LogP contribution in [-0.4, -0.2) is 56.7 Å². The van der Waals surface area contributed by atoms with Crippen molar-refractivity contribution in [3.05, 3.63) is 54.1 Å². The highest BCUT2D eigenvalue weighted by Crippen LogP contribution is 2.17. The third kappa shape index (κ3) is 4.63. The molecule has 1 saturated heterocycles.